The summed E-state index contributed by atoms with van der Waals surface area (Å²) in [5.74, 6) is 2.10. The Balaban J connectivity index is 3.69. The van der Waals surface area contributed by atoms with Crippen LogP contribution in [0.15, 0.2) is 0 Å². The summed E-state index contributed by atoms with van der Waals surface area (Å²) in [6.07, 6.45) is 9.66. The van der Waals surface area contributed by atoms with Gasteiger partial charge in [0.15, 0.2) is 0 Å². The second kappa shape index (κ2) is 12.1. The molecule has 0 saturated carbocycles. The molecule has 0 radical (unpaired) electrons. The highest BCUT2D eigenvalue weighted by Crippen LogP contribution is 2.22. The number of esters is 1. The van der Waals surface area contributed by atoms with Crippen molar-refractivity contribution in [3.63, 3.8) is 0 Å². The predicted molar refractivity (Wildman–Crippen MR) is 91.3 cm³/mol. The summed E-state index contributed by atoms with van der Waals surface area (Å²) in [4.78, 5) is 11.3. The normalized spacial score (nSPS) is 17.0. The van der Waals surface area contributed by atoms with Gasteiger partial charge in [-0.15, -0.1) is 0 Å². The Kier molecular flexibility index (Phi) is 11.8. The van der Waals surface area contributed by atoms with Crippen LogP contribution in [0, 0.1) is 17.8 Å². The van der Waals surface area contributed by atoms with Crippen molar-refractivity contribution in [3.05, 3.63) is 0 Å². The lowest BCUT2D eigenvalue weighted by atomic mass is 9.91. The van der Waals surface area contributed by atoms with Gasteiger partial charge in [0, 0.05) is 6.42 Å². The highest BCUT2D eigenvalue weighted by molar-refractivity contribution is 5.69. The van der Waals surface area contributed by atoms with Gasteiger partial charge in [0.1, 0.15) is 6.10 Å². The lowest BCUT2D eigenvalue weighted by molar-refractivity contribution is -0.150. The first-order valence-corrected chi connectivity index (χ1v) is 9.10. The van der Waals surface area contributed by atoms with Gasteiger partial charge in [-0.05, 0) is 31.1 Å². The van der Waals surface area contributed by atoms with Crippen LogP contribution in [0.5, 0.6) is 0 Å². The Morgan fingerprint density at radius 3 is 1.90 bits per heavy atom. The van der Waals surface area contributed by atoms with E-state index in [-0.39, 0.29) is 12.1 Å². The number of hydrogen-bond donors (Lipinski definition) is 0. The van der Waals surface area contributed by atoms with Gasteiger partial charge in [0.05, 0.1) is 0 Å². The molecular weight excluding hydrogens is 260 g/mol. The van der Waals surface area contributed by atoms with E-state index in [1.807, 2.05) is 13.8 Å². The zero-order valence-corrected chi connectivity index (χ0v) is 15.3. The molecule has 0 aromatic heterocycles. The molecule has 0 saturated heterocycles. The summed E-state index contributed by atoms with van der Waals surface area (Å²) < 4.78 is 5.38. The van der Waals surface area contributed by atoms with Crippen molar-refractivity contribution in [1.82, 2.24) is 0 Å². The van der Waals surface area contributed by atoms with Crippen LogP contribution in [0.1, 0.15) is 92.9 Å². The number of ether oxygens (including phenoxy) is 1. The van der Waals surface area contributed by atoms with E-state index >= 15 is 0 Å². The Morgan fingerprint density at radius 2 is 1.38 bits per heavy atom. The molecule has 0 spiro atoms. The maximum absolute atomic E-state index is 11.3. The van der Waals surface area contributed by atoms with Crippen molar-refractivity contribution in [2.45, 2.75) is 99.0 Å². The van der Waals surface area contributed by atoms with Crippen molar-refractivity contribution in [3.8, 4) is 0 Å². The summed E-state index contributed by atoms with van der Waals surface area (Å²) in [7, 11) is 0. The molecule has 4 atom stereocenters. The third-order valence-electron chi connectivity index (χ3n) is 4.85. The first-order chi connectivity index (χ1) is 9.90. The van der Waals surface area contributed by atoms with Crippen molar-refractivity contribution in [1.29, 1.82) is 0 Å². The standard InChI is InChI=1S/C19H38O2/c1-7-15(3)11-9-12-16(4)13-10-14-17(5)18(6)21-19(20)8-2/h15-18H,7-14H2,1-6H3/t15-,16-,17+,18-/m1/s1. The molecular formula is C19H38O2. The molecule has 2 nitrogen and oxygen atoms in total. The second-order valence-corrected chi connectivity index (χ2v) is 7.01. The smallest absolute Gasteiger partial charge is 0.305 e. The van der Waals surface area contributed by atoms with E-state index in [0.29, 0.717) is 12.3 Å². The summed E-state index contributed by atoms with van der Waals surface area (Å²) in [6, 6.07) is 0. The van der Waals surface area contributed by atoms with E-state index in [1.165, 1.54) is 38.5 Å². The van der Waals surface area contributed by atoms with E-state index in [9.17, 15) is 4.79 Å². The molecule has 21 heavy (non-hydrogen) atoms. The van der Waals surface area contributed by atoms with Crippen LogP contribution in [0.4, 0.5) is 0 Å². The van der Waals surface area contributed by atoms with Crippen molar-refractivity contribution in [2.24, 2.45) is 17.8 Å². The fourth-order valence-electron chi connectivity index (χ4n) is 2.59. The van der Waals surface area contributed by atoms with Gasteiger partial charge < -0.3 is 4.74 Å². The summed E-state index contributed by atoms with van der Waals surface area (Å²) in [5, 5.41) is 0. The van der Waals surface area contributed by atoms with Gasteiger partial charge in [0.25, 0.3) is 0 Å². The minimum atomic E-state index is -0.0761. The Hall–Kier alpha value is -0.530. The first-order valence-electron chi connectivity index (χ1n) is 9.10. The molecule has 0 aliphatic carbocycles. The quantitative estimate of drug-likeness (QED) is 0.414. The molecule has 2 heteroatoms. The molecule has 0 rings (SSSR count). The van der Waals surface area contributed by atoms with Crippen molar-refractivity contribution in [2.75, 3.05) is 0 Å². The second-order valence-electron chi connectivity index (χ2n) is 7.01. The molecule has 0 aromatic carbocycles. The highest BCUT2D eigenvalue weighted by atomic mass is 16.5. The molecule has 0 aromatic rings. The zero-order valence-electron chi connectivity index (χ0n) is 15.3. The maximum Gasteiger partial charge on any atom is 0.305 e. The molecule has 0 aliphatic rings. The number of rotatable bonds is 12. The third kappa shape index (κ3) is 10.8. The van der Waals surface area contributed by atoms with Crippen molar-refractivity contribution < 1.29 is 9.53 Å². The molecule has 0 aliphatic heterocycles. The zero-order chi connectivity index (χ0) is 16.3. The Morgan fingerprint density at radius 1 is 0.857 bits per heavy atom. The molecule has 0 unspecified atom stereocenters. The fraction of sp³-hybridized carbons (Fsp3) is 0.947. The summed E-state index contributed by atoms with van der Waals surface area (Å²) >= 11 is 0. The van der Waals surface area contributed by atoms with Crippen LogP contribution in [-0.4, -0.2) is 12.1 Å². The molecule has 0 amide bonds. The van der Waals surface area contributed by atoms with Gasteiger partial charge in [0.2, 0.25) is 0 Å². The van der Waals surface area contributed by atoms with E-state index in [4.69, 9.17) is 4.74 Å². The van der Waals surface area contributed by atoms with E-state index in [1.54, 1.807) is 0 Å². The van der Waals surface area contributed by atoms with Gasteiger partial charge >= 0.3 is 5.97 Å². The topological polar surface area (TPSA) is 26.3 Å². The molecule has 126 valence electrons. The average molecular weight is 299 g/mol. The van der Waals surface area contributed by atoms with Crippen LogP contribution in [0.25, 0.3) is 0 Å². The molecule has 0 bridgehead atoms. The largest absolute Gasteiger partial charge is 0.462 e. The fourth-order valence-corrected chi connectivity index (χ4v) is 2.59. The minimum absolute atomic E-state index is 0.0539. The monoisotopic (exact) mass is 298 g/mol. The minimum Gasteiger partial charge on any atom is -0.462 e. The Labute approximate surface area is 133 Å². The highest BCUT2D eigenvalue weighted by Gasteiger charge is 2.16. The van der Waals surface area contributed by atoms with Crippen molar-refractivity contribution >= 4 is 5.97 Å². The van der Waals surface area contributed by atoms with Crippen LogP contribution in [0.3, 0.4) is 0 Å². The van der Waals surface area contributed by atoms with E-state index in [2.05, 4.69) is 27.7 Å². The van der Waals surface area contributed by atoms with Gasteiger partial charge in [-0.25, -0.2) is 0 Å². The van der Waals surface area contributed by atoms with Gasteiger partial charge in [-0.2, -0.15) is 0 Å². The lowest BCUT2D eigenvalue weighted by Gasteiger charge is -2.21. The summed E-state index contributed by atoms with van der Waals surface area (Å²) in [6.45, 7) is 13.1. The van der Waals surface area contributed by atoms with Crippen LogP contribution >= 0.6 is 0 Å². The number of hydrogen-bond acceptors (Lipinski definition) is 2. The predicted octanol–water partition coefficient (Wildman–Crippen LogP) is 5.99. The molecule has 0 heterocycles. The molecule has 0 N–H and O–H groups in total. The third-order valence-corrected chi connectivity index (χ3v) is 4.85. The van der Waals surface area contributed by atoms with E-state index in [0.717, 1.165) is 18.3 Å². The van der Waals surface area contributed by atoms with Crippen LogP contribution in [0.2, 0.25) is 0 Å². The number of carbonyl (C=O) groups is 1. The van der Waals surface area contributed by atoms with Crippen LogP contribution in [-0.2, 0) is 9.53 Å². The van der Waals surface area contributed by atoms with E-state index < -0.39 is 0 Å². The SMILES string of the molecule is CCC(=O)O[C@H](C)[C@@H](C)CCC[C@H](C)CCC[C@H](C)CC. The lowest BCUT2D eigenvalue weighted by Crippen LogP contribution is -2.21. The maximum atomic E-state index is 11.3. The number of carbonyl (C=O) groups excluding carboxylic acids is 1. The Bertz CT molecular complexity index is 262. The van der Waals surface area contributed by atoms with Gasteiger partial charge in [-0.3, -0.25) is 4.79 Å². The van der Waals surface area contributed by atoms with Gasteiger partial charge in [-0.1, -0.05) is 73.1 Å². The molecule has 0 fully saturated rings. The average Bonchev–Trinajstić information content (AvgIpc) is 2.46. The first kappa shape index (κ1) is 20.5. The van der Waals surface area contributed by atoms with Crippen LogP contribution < -0.4 is 0 Å². The summed E-state index contributed by atoms with van der Waals surface area (Å²) in [5.41, 5.74) is 0.